The van der Waals surface area contributed by atoms with E-state index in [-0.39, 0.29) is 5.91 Å². The predicted octanol–water partition coefficient (Wildman–Crippen LogP) is 4.27. The predicted molar refractivity (Wildman–Crippen MR) is 108 cm³/mol. The number of nitrogens with one attached hydrogen (secondary N) is 2. The first kappa shape index (κ1) is 17.3. The van der Waals surface area contributed by atoms with Crippen LogP contribution in [0.5, 0.6) is 5.75 Å². The topological polar surface area (TPSA) is 67.0 Å². The third-order valence-electron chi connectivity index (χ3n) is 4.32. The number of amides is 1. The van der Waals surface area contributed by atoms with Gasteiger partial charge in [-0.2, -0.15) is 0 Å². The second-order valence-corrected chi connectivity index (χ2v) is 7.08. The van der Waals surface area contributed by atoms with Gasteiger partial charge in [-0.15, -0.1) is 11.3 Å². The van der Waals surface area contributed by atoms with E-state index in [1.807, 2.05) is 54.6 Å². The average molecular weight is 377 g/mol. The molecular formula is C21H19N3O2S. The van der Waals surface area contributed by atoms with E-state index in [0.29, 0.717) is 18.7 Å². The first-order valence-corrected chi connectivity index (χ1v) is 9.56. The molecule has 0 unspecified atom stereocenters. The Morgan fingerprint density at radius 2 is 2.04 bits per heavy atom. The highest BCUT2D eigenvalue weighted by atomic mass is 32.1. The molecule has 4 rings (SSSR count). The zero-order chi connectivity index (χ0) is 18.6. The molecule has 6 heteroatoms. The molecule has 136 valence electrons. The molecule has 4 aromatic rings. The molecule has 2 N–H and O–H groups in total. The summed E-state index contributed by atoms with van der Waals surface area (Å²) in [6.45, 7) is 0.541. The molecule has 0 radical (unpaired) electrons. The molecule has 2 aromatic heterocycles. The van der Waals surface area contributed by atoms with Crippen LogP contribution >= 0.6 is 11.3 Å². The lowest BCUT2D eigenvalue weighted by Gasteiger charge is -2.01. The number of hydrogen-bond donors (Lipinski definition) is 2. The highest BCUT2D eigenvalue weighted by molar-refractivity contribution is 7.09. The van der Waals surface area contributed by atoms with Crippen molar-refractivity contribution in [1.82, 2.24) is 15.3 Å². The van der Waals surface area contributed by atoms with Crippen molar-refractivity contribution in [3.05, 3.63) is 70.7 Å². The van der Waals surface area contributed by atoms with Gasteiger partial charge in [-0.25, -0.2) is 4.98 Å². The summed E-state index contributed by atoms with van der Waals surface area (Å²) in [5.41, 5.74) is 3.54. The molecule has 0 bridgehead atoms. The van der Waals surface area contributed by atoms with Gasteiger partial charge in [0.25, 0.3) is 5.91 Å². The van der Waals surface area contributed by atoms with Crippen LogP contribution in [0.25, 0.3) is 22.2 Å². The van der Waals surface area contributed by atoms with Crippen molar-refractivity contribution in [2.24, 2.45) is 0 Å². The second-order valence-electron chi connectivity index (χ2n) is 6.13. The summed E-state index contributed by atoms with van der Waals surface area (Å²) in [7, 11) is 1.63. The van der Waals surface area contributed by atoms with Gasteiger partial charge >= 0.3 is 0 Å². The second kappa shape index (κ2) is 7.63. The number of carbonyl (C=O) groups excluding carboxylic acids is 1. The molecule has 0 aliphatic carbocycles. The van der Waals surface area contributed by atoms with Crippen molar-refractivity contribution in [3.8, 4) is 17.0 Å². The normalized spacial score (nSPS) is 10.9. The van der Waals surface area contributed by atoms with Gasteiger partial charge in [-0.05, 0) is 24.3 Å². The van der Waals surface area contributed by atoms with Gasteiger partial charge in [0.1, 0.15) is 11.4 Å². The first-order chi connectivity index (χ1) is 13.2. The minimum absolute atomic E-state index is 0.120. The Morgan fingerprint density at radius 1 is 1.19 bits per heavy atom. The molecule has 27 heavy (non-hydrogen) atoms. The Kier molecular flexibility index (Phi) is 4.89. The van der Waals surface area contributed by atoms with Crippen LogP contribution in [0, 0.1) is 0 Å². The summed E-state index contributed by atoms with van der Waals surface area (Å²) in [6.07, 6.45) is 0.706. The molecule has 0 spiro atoms. The van der Waals surface area contributed by atoms with Gasteiger partial charge in [-0.1, -0.05) is 30.3 Å². The number of hydrogen-bond acceptors (Lipinski definition) is 4. The number of aromatic amines is 1. The number of aromatic nitrogens is 2. The summed E-state index contributed by atoms with van der Waals surface area (Å²) < 4.78 is 5.22. The van der Waals surface area contributed by atoms with Gasteiger partial charge in [-0.3, -0.25) is 4.79 Å². The SMILES string of the molecule is COc1ccc2[nH]c(C(=O)NCCc3nc(-c4ccccc4)cs3)cc2c1. The molecule has 0 saturated heterocycles. The molecule has 0 atom stereocenters. The van der Waals surface area contributed by atoms with E-state index < -0.39 is 0 Å². The Morgan fingerprint density at radius 3 is 2.85 bits per heavy atom. The number of benzene rings is 2. The zero-order valence-electron chi connectivity index (χ0n) is 14.9. The van der Waals surface area contributed by atoms with E-state index in [2.05, 4.69) is 20.7 Å². The van der Waals surface area contributed by atoms with Gasteiger partial charge in [0.2, 0.25) is 0 Å². The van der Waals surface area contributed by atoms with Crippen LogP contribution in [0.2, 0.25) is 0 Å². The molecule has 0 aliphatic heterocycles. The lowest BCUT2D eigenvalue weighted by Crippen LogP contribution is -2.25. The largest absolute Gasteiger partial charge is 0.497 e. The van der Waals surface area contributed by atoms with Crippen LogP contribution in [-0.4, -0.2) is 29.5 Å². The minimum Gasteiger partial charge on any atom is -0.497 e. The van der Waals surface area contributed by atoms with Crippen LogP contribution in [0.1, 0.15) is 15.5 Å². The van der Waals surface area contributed by atoms with E-state index in [1.165, 1.54) is 0 Å². The van der Waals surface area contributed by atoms with Crippen molar-refractivity contribution < 1.29 is 9.53 Å². The minimum atomic E-state index is -0.120. The molecule has 0 fully saturated rings. The molecule has 2 aromatic carbocycles. The number of nitrogens with zero attached hydrogens (tertiary/aromatic N) is 1. The maximum Gasteiger partial charge on any atom is 0.267 e. The maximum absolute atomic E-state index is 12.4. The van der Waals surface area contributed by atoms with Crippen molar-refractivity contribution in [2.75, 3.05) is 13.7 Å². The Balaban J connectivity index is 1.36. The number of thiazole rings is 1. The Labute approximate surface area is 161 Å². The summed E-state index contributed by atoms with van der Waals surface area (Å²) >= 11 is 1.62. The molecule has 0 aliphatic rings. The number of H-pyrrole nitrogens is 1. The number of rotatable bonds is 6. The number of fused-ring (bicyclic) bond motifs is 1. The van der Waals surface area contributed by atoms with E-state index in [4.69, 9.17) is 4.74 Å². The summed E-state index contributed by atoms with van der Waals surface area (Å²) in [5.74, 6) is 0.649. The Hall–Kier alpha value is -3.12. The number of carbonyl (C=O) groups is 1. The van der Waals surface area contributed by atoms with E-state index in [1.54, 1.807) is 18.4 Å². The molecule has 5 nitrogen and oxygen atoms in total. The van der Waals surface area contributed by atoms with Crippen LogP contribution in [-0.2, 0) is 6.42 Å². The third kappa shape index (κ3) is 3.85. The average Bonchev–Trinajstić information content (AvgIpc) is 3.35. The third-order valence-corrected chi connectivity index (χ3v) is 5.23. The Bertz CT molecular complexity index is 1070. The highest BCUT2D eigenvalue weighted by Gasteiger charge is 2.10. The van der Waals surface area contributed by atoms with Gasteiger partial charge in [0.15, 0.2) is 0 Å². The quantitative estimate of drug-likeness (QED) is 0.527. The van der Waals surface area contributed by atoms with Crippen molar-refractivity contribution >= 4 is 28.1 Å². The molecule has 0 saturated carbocycles. The summed E-state index contributed by atoms with van der Waals surface area (Å²) in [5, 5.41) is 6.97. The standard InChI is InChI=1S/C21H19N3O2S/c1-26-16-7-8-17-15(11-16)12-18(23-17)21(25)22-10-9-20-24-19(13-27-20)14-5-3-2-4-6-14/h2-8,11-13,23H,9-10H2,1H3,(H,22,25). The number of methoxy groups -OCH3 is 1. The maximum atomic E-state index is 12.4. The fraction of sp³-hybridized carbons (Fsp3) is 0.143. The van der Waals surface area contributed by atoms with Crippen LogP contribution in [0.3, 0.4) is 0 Å². The van der Waals surface area contributed by atoms with Gasteiger partial charge in [0.05, 0.1) is 17.8 Å². The van der Waals surface area contributed by atoms with E-state index in [9.17, 15) is 4.79 Å². The highest BCUT2D eigenvalue weighted by Crippen LogP contribution is 2.22. The monoisotopic (exact) mass is 377 g/mol. The summed E-state index contributed by atoms with van der Waals surface area (Å²) in [4.78, 5) is 20.2. The molecular weight excluding hydrogens is 358 g/mol. The van der Waals surface area contributed by atoms with E-state index in [0.717, 1.165) is 32.9 Å². The van der Waals surface area contributed by atoms with Gasteiger partial charge in [0, 0.05) is 34.8 Å². The summed E-state index contributed by atoms with van der Waals surface area (Å²) in [6, 6.07) is 17.6. The van der Waals surface area contributed by atoms with Gasteiger partial charge < -0.3 is 15.0 Å². The van der Waals surface area contributed by atoms with Crippen molar-refractivity contribution in [1.29, 1.82) is 0 Å². The van der Waals surface area contributed by atoms with Crippen molar-refractivity contribution in [3.63, 3.8) is 0 Å². The first-order valence-electron chi connectivity index (χ1n) is 8.68. The van der Waals surface area contributed by atoms with Crippen LogP contribution < -0.4 is 10.1 Å². The lowest BCUT2D eigenvalue weighted by molar-refractivity contribution is 0.0950. The van der Waals surface area contributed by atoms with Crippen LogP contribution in [0.15, 0.2) is 60.0 Å². The zero-order valence-corrected chi connectivity index (χ0v) is 15.7. The van der Waals surface area contributed by atoms with Crippen molar-refractivity contribution in [2.45, 2.75) is 6.42 Å². The molecule has 1 amide bonds. The smallest absolute Gasteiger partial charge is 0.267 e. The molecule has 2 heterocycles. The fourth-order valence-electron chi connectivity index (χ4n) is 2.91. The lowest BCUT2D eigenvalue weighted by atomic mass is 10.2. The van der Waals surface area contributed by atoms with E-state index >= 15 is 0 Å². The number of ether oxygens (including phenoxy) is 1. The fourth-order valence-corrected chi connectivity index (χ4v) is 3.71. The van der Waals surface area contributed by atoms with Crippen LogP contribution in [0.4, 0.5) is 0 Å².